The molecular formula is C11H12F3N3O2. The topological polar surface area (TPSA) is 57.8 Å². The Kier molecular flexibility index (Phi) is 3.13. The molecule has 2 heterocycles. The van der Waals surface area contributed by atoms with Gasteiger partial charge in [0.05, 0.1) is 6.42 Å². The van der Waals surface area contributed by atoms with Crippen molar-refractivity contribution in [2.75, 3.05) is 0 Å². The Hall–Kier alpha value is -1.83. The van der Waals surface area contributed by atoms with E-state index in [0.717, 1.165) is 6.21 Å². The molecule has 0 fully saturated rings. The molecule has 0 aromatic carbocycles. The molecule has 5 nitrogen and oxygen atoms in total. The molecule has 0 radical (unpaired) electrons. The smallest absolute Gasteiger partial charge is 0.362 e. The Morgan fingerprint density at radius 2 is 2.26 bits per heavy atom. The van der Waals surface area contributed by atoms with Gasteiger partial charge in [-0.3, -0.25) is 4.79 Å². The molecule has 104 valence electrons. The monoisotopic (exact) mass is 275 g/mol. The van der Waals surface area contributed by atoms with Crippen molar-refractivity contribution in [2.24, 2.45) is 12.1 Å². The van der Waals surface area contributed by atoms with E-state index < -0.39 is 24.2 Å². The summed E-state index contributed by atoms with van der Waals surface area (Å²) >= 11 is 0. The number of halogens is 3. The number of nitrogens with zero attached hydrogens (tertiary/aromatic N) is 3. The van der Waals surface area contributed by atoms with Gasteiger partial charge in [-0.1, -0.05) is 0 Å². The maximum absolute atomic E-state index is 12.8. The van der Waals surface area contributed by atoms with Crippen LogP contribution < -0.4 is 0 Å². The molecular weight excluding hydrogens is 263 g/mol. The van der Waals surface area contributed by atoms with E-state index >= 15 is 0 Å². The minimum Gasteiger partial charge on any atom is -0.362 e. The van der Waals surface area contributed by atoms with Gasteiger partial charge in [0.1, 0.15) is 0 Å². The third-order valence-electron chi connectivity index (χ3n) is 3.00. The molecule has 1 atom stereocenters. The summed E-state index contributed by atoms with van der Waals surface area (Å²) in [6, 6.07) is 3.29. The van der Waals surface area contributed by atoms with Gasteiger partial charge in [-0.05, 0) is 12.1 Å². The van der Waals surface area contributed by atoms with Crippen LogP contribution in [0.5, 0.6) is 0 Å². The number of hydrogen-bond donors (Lipinski definition) is 1. The predicted molar refractivity (Wildman–Crippen MR) is 60.1 cm³/mol. The Labute approximate surface area is 106 Å². The average molecular weight is 275 g/mol. The Morgan fingerprint density at radius 1 is 1.58 bits per heavy atom. The number of amides is 1. The second kappa shape index (κ2) is 4.37. The Bertz CT molecular complexity index is 524. The van der Waals surface area contributed by atoms with Crippen LogP contribution in [0.25, 0.3) is 0 Å². The fourth-order valence-electron chi connectivity index (χ4n) is 1.85. The first-order chi connectivity index (χ1) is 8.75. The van der Waals surface area contributed by atoms with Crippen molar-refractivity contribution in [1.29, 1.82) is 0 Å². The first kappa shape index (κ1) is 13.6. The number of carbonyl (C=O) groups excluding carboxylic acids is 1. The molecule has 0 saturated heterocycles. The van der Waals surface area contributed by atoms with Gasteiger partial charge in [0.25, 0.3) is 11.6 Å². The summed E-state index contributed by atoms with van der Waals surface area (Å²) in [6.07, 6.45) is -3.41. The number of carbonyl (C=O) groups is 1. The number of hydrogen-bond acceptors (Lipinski definition) is 3. The second-order valence-corrected chi connectivity index (χ2v) is 4.31. The SMILES string of the molecule is Cn1cccc1CC(=O)N1N=CC[C@]1(O)C(F)(F)F. The summed E-state index contributed by atoms with van der Waals surface area (Å²) < 4.78 is 40.0. The van der Waals surface area contributed by atoms with Crippen molar-refractivity contribution < 1.29 is 23.1 Å². The summed E-state index contributed by atoms with van der Waals surface area (Å²) in [5, 5.41) is 13.1. The number of alkyl halides is 3. The van der Waals surface area contributed by atoms with Crippen molar-refractivity contribution in [2.45, 2.75) is 24.7 Å². The molecule has 0 unspecified atom stereocenters. The lowest BCUT2D eigenvalue weighted by Gasteiger charge is -2.32. The van der Waals surface area contributed by atoms with Gasteiger partial charge in [0.15, 0.2) is 0 Å². The summed E-state index contributed by atoms with van der Waals surface area (Å²) in [5.41, 5.74) is -2.70. The molecule has 19 heavy (non-hydrogen) atoms. The van der Waals surface area contributed by atoms with E-state index in [1.54, 1.807) is 29.9 Å². The molecule has 1 aromatic heterocycles. The maximum Gasteiger partial charge on any atom is 0.438 e. The third kappa shape index (κ3) is 2.23. The van der Waals surface area contributed by atoms with Gasteiger partial charge >= 0.3 is 6.18 Å². The zero-order valence-corrected chi connectivity index (χ0v) is 10.1. The highest BCUT2D eigenvalue weighted by molar-refractivity contribution is 5.82. The molecule has 1 amide bonds. The highest BCUT2D eigenvalue weighted by Crippen LogP contribution is 2.38. The Morgan fingerprint density at radius 3 is 2.79 bits per heavy atom. The molecule has 0 bridgehead atoms. The lowest BCUT2D eigenvalue weighted by atomic mass is 10.1. The van der Waals surface area contributed by atoms with Crippen molar-refractivity contribution in [1.82, 2.24) is 9.58 Å². The molecule has 2 rings (SSSR count). The van der Waals surface area contributed by atoms with Gasteiger partial charge < -0.3 is 9.67 Å². The zero-order valence-electron chi connectivity index (χ0n) is 10.1. The predicted octanol–water partition coefficient (Wildman–Crippen LogP) is 1.04. The van der Waals surface area contributed by atoms with Crippen molar-refractivity contribution in [3.05, 3.63) is 24.0 Å². The molecule has 1 aliphatic heterocycles. The van der Waals surface area contributed by atoms with Crippen LogP contribution in [0.1, 0.15) is 12.1 Å². The fourth-order valence-corrected chi connectivity index (χ4v) is 1.85. The van der Waals surface area contributed by atoms with E-state index in [9.17, 15) is 23.1 Å². The number of aromatic nitrogens is 1. The maximum atomic E-state index is 12.8. The van der Waals surface area contributed by atoms with Gasteiger partial charge in [-0.2, -0.15) is 23.3 Å². The van der Waals surface area contributed by atoms with E-state index in [0.29, 0.717) is 5.69 Å². The minimum atomic E-state index is -4.95. The lowest BCUT2D eigenvalue weighted by molar-refractivity contribution is -0.302. The van der Waals surface area contributed by atoms with E-state index in [1.165, 1.54) is 0 Å². The van der Waals surface area contributed by atoms with Crippen LogP contribution in [-0.2, 0) is 18.3 Å². The Balaban J connectivity index is 2.19. The number of aryl methyl sites for hydroxylation is 1. The first-order valence-electron chi connectivity index (χ1n) is 5.50. The molecule has 1 aliphatic rings. The summed E-state index contributed by atoms with van der Waals surface area (Å²) in [4.78, 5) is 11.9. The van der Waals surface area contributed by atoms with Crippen molar-refractivity contribution in [3.63, 3.8) is 0 Å². The highest BCUT2D eigenvalue weighted by atomic mass is 19.4. The van der Waals surface area contributed by atoms with Crippen LogP contribution in [-0.4, -0.2) is 38.7 Å². The molecule has 0 saturated carbocycles. The molecule has 0 spiro atoms. The number of hydrazone groups is 1. The standard InChI is InChI=1S/C11H12F3N3O2/c1-16-6-2-3-8(16)7-9(18)17-10(19,4-5-15-17)11(12,13)14/h2-3,5-6,19H,4,7H2,1H3/t10-/m0/s1. The first-order valence-corrected chi connectivity index (χ1v) is 5.50. The third-order valence-corrected chi connectivity index (χ3v) is 3.00. The van der Waals surface area contributed by atoms with Crippen molar-refractivity contribution >= 4 is 12.1 Å². The van der Waals surface area contributed by atoms with Crippen LogP contribution >= 0.6 is 0 Å². The largest absolute Gasteiger partial charge is 0.438 e. The van der Waals surface area contributed by atoms with Crippen LogP contribution in [0.2, 0.25) is 0 Å². The van der Waals surface area contributed by atoms with Gasteiger partial charge in [0.2, 0.25) is 0 Å². The molecule has 1 N–H and O–H groups in total. The van der Waals surface area contributed by atoms with Gasteiger partial charge in [-0.15, -0.1) is 0 Å². The highest BCUT2D eigenvalue weighted by Gasteiger charge is 2.61. The fraction of sp³-hybridized carbons (Fsp3) is 0.455. The van der Waals surface area contributed by atoms with Crippen LogP contribution in [0, 0.1) is 0 Å². The number of rotatable bonds is 2. The van der Waals surface area contributed by atoms with Gasteiger partial charge in [0, 0.05) is 31.6 Å². The van der Waals surface area contributed by atoms with E-state index in [4.69, 9.17) is 0 Å². The van der Waals surface area contributed by atoms with E-state index in [1.807, 2.05) is 0 Å². The lowest BCUT2D eigenvalue weighted by Crippen LogP contribution is -2.56. The minimum absolute atomic E-state index is 0.111. The normalized spacial score (nSPS) is 23.1. The molecule has 8 heteroatoms. The zero-order chi connectivity index (χ0) is 14.3. The number of aliphatic hydroxyl groups is 1. The average Bonchev–Trinajstić information content (AvgIpc) is 2.86. The van der Waals surface area contributed by atoms with Crippen LogP contribution in [0.4, 0.5) is 13.2 Å². The van der Waals surface area contributed by atoms with Crippen LogP contribution in [0.15, 0.2) is 23.4 Å². The molecule has 1 aromatic rings. The summed E-state index contributed by atoms with van der Waals surface area (Å²) in [6.45, 7) is 0. The van der Waals surface area contributed by atoms with E-state index in [2.05, 4.69) is 5.10 Å². The summed E-state index contributed by atoms with van der Waals surface area (Å²) in [5.74, 6) is -0.907. The van der Waals surface area contributed by atoms with Crippen LogP contribution in [0.3, 0.4) is 0 Å². The van der Waals surface area contributed by atoms with Gasteiger partial charge in [-0.25, -0.2) is 0 Å². The molecule has 0 aliphatic carbocycles. The summed E-state index contributed by atoms with van der Waals surface area (Å²) in [7, 11) is 1.67. The quantitative estimate of drug-likeness (QED) is 0.876. The van der Waals surface area contributed by atoms with E-state index in [-0.39, 0.29) is 11.4 Å². The van der Waals surface area contributed by atoms with Crippen molar-refractivity contribution in [3.8, 4) is 0 Å². The second-order valence-electron chi connectivity index (χ2n) is 4.31.